The standard InChI is InChI=1S/C16H16N2O4/c1-9(2)11-5-4-10(3)8-12(11)22-16(21)14-13(15(19)20)17-6-7-18-14/h4-9H,1-3H3,(H,19,20). The van der Waals surface area contributed by atoms with Crippen molar-refractivity contribution in [3.05, 3.63) is 53.1 Å². The van der Waals surface area contributed by atoms with Gasteiger partial charge in [0.2, 0.25) is 0 Å². The Balaban J connectivity index is 2.38. The van der Waals surface area contributed by atoms with Crippen molar-refractivity contribution in [1.82, 2.24) is 9.97 Å². The number of ether oxygens (including phenoxy) is 1. The number of esters is 1. The van der Waals surface area contributed by atoms with Crippen LogP contribution in [0.4, 0.5) is 0 Å². The summed E-state index contributed by atoms with van der Waals surface area (Å²) in [7, 11) is 0. The van der Waals surface area contributed by atoms with E-state index in [1.165, 1.54) is 12.4 Å². The Hall–Kier alpha value is -2.76. The molecule has 0 amide bonds. The van der Waals surface area contributed by atoms with Crippen molar-refractivity contribution in [2.45, 2.75) is 26.7 Å². The highest BCUT2D eigenvalue weighted by Crippen LogP contribution is 2.28. The molecule has 0 atom stereocenters. The Kier molecular flexibility index (Phi) is 4.50. The maximum atomic E-state index is 12.2. The van der Waals surface area contributed by atoms with Crippen molar-refractivity contribution in [2.24, 2.45) is 0 Å². The van der Waals surface area contributed by atoms with E-state index in [0.29, 0.717) is 5.75 Å². The summed E-state index contributed by atoms with van der Waals surface area (Å²) in [5.41, 5.74) is 1.06. The number of rotatable bonds is 4. The maximum absolute atomic E-state index is 12.2. The van der Waals surface area contributed by atoms with Crippen molar-refractivity contribution >= 4 is 11.9 Å². The van der Waals surface area contributed by atoms with Crippen LogP contribution < -0.4 is 4.74 Å². The Morgan fingerprint density at radius 2 is 1.77 bits per heavy atom. The van der Waals surface area contributed by atoms with E-state index in [9.17, 15) is 9.59 Å². The fourth-order valence-corrected chi connectivity index (χ4v) is 2.00. The smallest absolute Gasteiger partial charge is 0.364 e. The summed E-state index contributed by atoms with van der Waals surface area (Å²) in [5.74, 6) is -1.60. The van der Waals surface area contributed by atoms with Gasteiger partial charge in [0.05, 0.1) is 0 Å². The fourth-order valence-electron chi connectivity index (χ4n) is 2.00. The number of hydrogen-bond donors (Lipinski definition) is 1. The van der Waals surface area contributed by atoms with Crippen molar-refractivity contribution in [3.8, 4) is 5.75 Å². The summed E-state index contributed by atoms with van der Waals surface area (Å²) in [4.78, 5) is 30.8. The Bertz CT molecular complexity index is 726. The minimum absolute atomic E-state index is 0.157. The average Bonchev–Trinajstić information content (AvgIpc) is 2.46. The zero-order chi connectivity index (χ0) is 16.3. The van der Waals surface area contributed by atoms with Crippen molar-refractivity contribution in [1.29, 1.82) is 0 Å². The predicted octanol–water partition coefficient (Wildman–Crippen LogP) is 2.83. The molecular formula is C16H16N2O4. The molecule has 0 spiro atoms. The molecule has 2 rings (SSSR count). The number of aromatic nitrogens is 2. The minimum atomic E-state index is -1.33. The number of aromatic carboxylic acids is 1. The topological polar surface area (TPSA) is 89.4 Å². The van der Waals surface area contributed by atoms with Gasteiger partial charge in [0.15, 0.2) is 11.4 Å². The highest BCUT2D eigenvalue weighted by molar-refractivity contribution is 6.00. The lowest BCUT2D eigenvalue weighted by Gasteiger charge is -2.13. The van der Waals surface area contributed by atoms with E-state index in [1.54, 1.807) is 6.07 Å². The Labute approximate surface area is 127 Å². The number of carboxylic acids is 1. The van der Waals surface area contributed by atoms with Gasteiger partial charge in [0.25, 0.3) is 0 Å². The normalized spacial score (nSPS) is 10.5. The fraction of sp³-hybridized carbons (Fsp3) is 0.250. The molecule has 2 aromatic rings. The molecule has 6 heteroatoms. The van der Waals surface area contributed by atoms with Gasteiger partial charge in [-0.15, -0.1) is 0 Å². The van der Waals surface area contributed by atoms with Crippen molar-refractivity contribution in [3.63, 3.8) is 0 Å². The van der Waals surface area contributed by atoms with Crippen LogP contribution in [0.15, 0.2) is 30.6 Å². The van der Waals surface area contributed by atoms with E-state index >= 15 is 0 Å². The van der Waals surface area contributed by atoms with Crippen LogP contribution in [0.1, 0.15) is 51.9 Å². The molecule has 0 fully saturated rings. The first-order valence-electron chi connectivity index (χ1n) is 6.77. The first-order valence-corrected chi connectivity index (χ1v) is 6.77. The molecule has 114 valence electrons. The van der Waals surface area contributed by atoms with Crippen LogP contribution in [-0.2, 0) is 0 Å². The molecule has 0 aliphatic carbocycles. The minimum Gasteiger partial charge on any atom is -0.476 e. The van der Waals surface area contributed by atoms with Crippen molar-refractivity contribution in [2.75, 3.05) is 0 Å². The zero-order valence-corrected chi connectivity index (χ0v) is 12.5. The second-order valence-corrected chi connectivity index (χ2v) is 5.14. The average molecular weight is 300 g/mol. The maximum Gasteiger partial charge on any atom is 0.364 e. The molecule has 6 nitrogen and oxygen atoms in total. The molecule has 0 saturated carbocycles. The van der Waals surface area contributed by atoms with Crippen LogP contribution in [0.3, 0.4) is 0 Å². The van der Waals surface area contributed by atoms with Crippen LogP contribution in [0, 0.1) is 6.92 Å². The highest BCUT2D eigenvalue weighted by Gasteiger charge is 2.22. The molecule has 0 aliphatic rings. The summed E-state index contributed by atoms with van der Waals surface area (Å²) in [6, 6.07) is 5.55. The van der Waals surface area contributed by atoms with Gasteiger partial charge in [-0.3, -0.25) is 0 Å². The number of carbonyl (C=O) groups is 2. The van der Waals surface area contributed by atoms with E-state index in [4.69, 9.17) is 9.84 Å². The summed E-state index contributed by atoms with van der Waals surface area (Å²) >= 11 is 0. The molecule has 1 aromatic carbocycles. The Morgan fingerprint density at radius 3 is 2.36 bits per heavy atom. The number of nitrogens with zero attached hydrogens (tertiary/aromatic N) is 2. The highest BCUT2D eigenvalue weighted by atomic mass is 16.5. The number of benzene rings is 1. The third kappa shape index (κ3) is 3.28. The summed E-state index contributed by atoms with van der Waals surface area (Å²) < 4.78 is 5.36. The summed E-state index contributed by atoms with van der Waals surface area (Å²) in [6.45, 7) is 5.84. The molecule has 1 aromatic heterocycles. The molecule has 0 radical (unpaired) electrons. The molecule has 22 heavy (non-hydrogen) atoms. The van der Waals surface area contributed by atoms with Crippen LogP contribution in [0.2, 0.25) is 0 Å². The van der Waals surface area contributed by atoms with Gasteiger partial charge in [-0.05, 0) is 30.0 Å². The van der Waals surface area contributed by atoms with E-state index in [0.717, 1.165) is 11.1 Å². The van der Waals surface area contributed by atoms with Crippen LogP contribution >= 0.6 is 0 Å². The first-order chi connectivity index (χ1) is 10.4. The molecule has 1 N–H and O–H groups in total. The van der Waals surface area contributed by atoms with E-state index in [-0.39, 0.29) is 11.6 Å². The van der Waals surface area contributed by atoms with E-state index in [1.807, 2.05) is 32.9 Å². The molecule has 0 saturated heterocycles. The van der Waals surface area contributed by atoms with Gasteiger partial charge >= 0.3 is 11.9 Å². The van der Waals surface area contributed by atoms with E-state index in [2.05, 4.69) is 9.97 Å². The number of carbonyl (C=O) groups excluding carboxylic acids is 1. The quantitative estimate of drug-likeness (QED) is 0.690. The largest absolute Gasteiger partial charge is 0.476 e. The van der Waals surface area contributed by atoms with Gasteiger partial charge in [-0.25, -0.2) is 19.6 Å². The lowest BCUT2D eigenvalue weighted by Crippen LogP contribution is -2.18. The lowest BCUT2D eigenvalue weighted by molar-refractivity contribution is 0.0657. The second-order valence-electron chi connectivity index (χ2n) is 5.14. The lowest BCUT2D eigenvalue weighted by atomic mass is 10.0. The molecular weight excluding hydrogens is 284 g/mol. The van der Waals surface area contributed by atoms with Gasteiger partial charge in [-0.2, -0.15) is 0 Å². The predicted molar refractivity (Wildman–Crippen MR) is 79.2 cm³/mol. The zero-order valence-electron chi connectivity index (χ0n) is 12.5. The summed E-state index contributed by atoms with van der Waals surface area (Å²) in [6.07, 6.45) is 2.47. The monoisotopic (exact) mass is 300 g/mol. The number of aryl methyl sites for hydroxylation is 1. The van der Waals surface area contributed by atoms with Gasteiger partial charge in [0.1, 0.15) is 5.75 Å². The third-order valence-electron chi connectivity index (χ3n) is 3.09. The Morgan fingerprint density at radius 1 is 1.14 bits per heavy atom. The van der Waals surface area contributed by atoms with E-state index < -0.39 is 17.6 Å². The van der Waals surface area contributed by atoms with Crippen molar-refractivity contribution < 1.29 is 19.4 Å². The number of carboxylic acid groups (broad SMARTS) is 1. The molecule has 0 aliphatic heterocycles. The van der Waals surface area contributed by atoms with Gasteiger partial charge in [-0.1, -0.05) is 26.0 Å². The third-order valence-corrected chi connectivity index (χ3v) is 3.09. The molecule has 1 heterocycles. The van der Waals surface area contributed by atoms with Gasteiger partial charge < -0.3 is 9.84 Å². The van der Waals surface area contributed by atoms with Crippen LogP contribution in [-0.4, -0.2) is 27.0 Å². The SMILES string of the molecule is Cc1ccc(C(C)C)c(OC(=O)c2nccnc2C(=O)O)c1. The number of hydrogen-bond acceptors (Lipinski definition) is 5. The van der Waals surface area contributed by atoms with Gasteiger partial charge in [0, 0.05) is 12.4 Å². The van der Waals surface area contributed by atoms with Crippen LogP contribution in [0.5, 0.6) is 5.75 Å². The summed E-state index contributed by atoms with van der Waals surface area (Å²) in [5, 5.41) is 9.06. The second kappa shape index (κ2) is 6.34. The first kappa shape index (κ1) is 15.6. The van der Waals surface area contributed by atoms with Crippen LogP contribution in [0.25, 0.3) is 0 Å². The molecule has 0 unspecified atom stereocenters. The molecule has 0 bridgehead atoms.